The molecule has 0 bridgehead atoms. The summed E-state index contributed by atoms with van der Waals surface area (Å²) in [6, 6.07) is 8.60. The lowest BCUT2D eigenvalue weighted by Crippen LogP contribution is -2.54. The summed E-state index contributed by atoms with van der Waals surface area (Å²) in [5, 5.41) is 5.21. The second-order valence-corrected chi connectivity index (χ2v) is 15.2. The maximum atomic E-state index is 15.9. The quantitative estimate of drug-likeness (QED) is 0.148. The number of carbonyl (C=O) groups is 4. The Bertz CT molecular complexity index is 2210. The van der Waals surface area contributed by atoms with Crippen molar-refractivity contribution in [1.29, 1.82) is 0 Å². The van der Waals surface area contributed by atoms with Gasteiger partial charge in [-0.3, -0.25) is 9.59 Å². The van der Waals surface area contributed by atoms with Gasteiger partial charge in [0.2, 0.25) is 11.8 Å². The number of hydrogen-bond acceptors (Lipinski definition) is 10. The van der Waals surface area contributed by atoms with Gasteiger partial charge in [0.05, 0.1) is 56.1 Å². The Labute approximate surface area is 341 Å². The molecule has 2 fully saturated rings. The third-order valence-corrected chi connectivity index (χ3v) is 11.8. The minimum atomic E-state index is -0.960. The fourth-order valence-corrected chi connectivity index (χ4v) is 8.41. The molecule has 16 nitrogen and oxygen atoms in total. The molecule has 4 heterocycles. The first-order chi connectivity index (χ1) is 28.5. The van der Waals surface area contributed by atoms with E-state index in [4.69, 9.17) is 23.9 Å². The molecule has 1 aliphatic carbocycles. The van der Waals surface area contributed by atoms with Crippen LogP contribution in [0.3, 0.4) is 0 Å². The number of amides is 4. The molecular weight excluding hydrogens is 764 g/mol. The topological polar surface area (TPSA) is 193 Å². The molecule has 2 aromatic heterocycles. The number of nitrogens with zero attached hydrogens (tertiary/aromatic N) is 4. The van der Waals surface area contributed by atoms with Gasteiger partial charge in [-0.05, 0) is 81.2 Å². The molecule has 0 spiro atoms. The Morgan fingerprint density at radius 2 is 1.32 bits per heavy atom. The van der Waals surface area contributed by atoms with Crippen LogP contribution in [0.2, 0.25) is 0 Å². The van der Waals surface area contributed by atoms with Gasteiger partial charge in [0, 0.05) is 44.1 Å². The number of fused-ring (bicyclic) bond motifs is 3. The molecule has 0 radical (unpaired) electrons. The lowest BCUT2D eigenvalue weighted by molar-refractivity contribution is -0.138. The first-order valence-corrected chi connectivity index (χ1v) is 19.9. The smallest absolute Gasteiger partial charge is 0.407 e. The van der Waals surface area contributed by atoms with Gasteiger partial charge in [-0.15, -0.1) is 0 Å². The van der Waals surface area contributed by atoms with E-state index in [2.05, 4.69) is 31.7 Å². The van der Waals surface area contributed by atoms with E-state index in [1.807, 2.05) is 18.2 Å². The van der Waals surface area contributed by atoms with Gasteiger partial charge in [0.25, 0.3) is 0 Å². The average molecular weight is 815 g/mol. The number of aromatic nitrogens is 4. The fraction of sp³-hybridized carbons (Fsp3) is 0.476. The predicted molar refractivity (Wildman–Crippen MR) is 213 cm³/mol. The zero-order chi connectivity index (χ0) is 42.0. The van der Waals surface area contributed by atoms with Gasteiger partial charge in [-0.25, -0.2) is 23.9 Å². The lowest BCUT2D eigenvalue weighted by Gasteiger charge is -2.30. The Morgan fingerprint density at radius 1 is 0.763 bits per heavy atom. The third-order valence-electron chi connectivity index (χ3n) is 11.8. The minimum absolute atomic E-state index is 0.261. The Hall–Kier alpha value is -5.81. The molecule has 0 saturated carbocycles. The number of hydrogen-bond donors (Lipinski definition) is 4. The molecular formula is C42H51FN8O8. The van der Waals surface area contributed by atoms with E-state index in [1.165, 1.54) is 34.5 Å². The number of aromatic amines is 2. The summed E-state index contributed by atoms with van der Waals surface area (Å²) in [4.78, 5) is 71.3. The van der Waals surface area contributed by atoms with E-state index >= 15 is 4.39 Å². The molecule has 314 valence electrons. The number of likely N-dealkylation sites (tertiary alicyclic amines) is 2. The lowest BCUT2D eigenvalue weighted by atomic mass is 9.89. The zero-order valence-corrected chi connectivity index (χ0v) is 34.1. The molecule has 17 heteroatoms. The standard InChI is InChI=1S/C42H51FN8O8/c1-22(56-3)34(48-41(54)58-5)39(52)50-17-7-9-32(50)37-44-21-31(46-37)28-15-12-25(20-29(28)43)24-11-14-27-26(19-24)13-16-30-36(27)47-38(45-30)33-10-8-18-51(33)40(53)35(23(2)57-4)49-42(55)59-6/h11-12,14-15,19-23,32-35H,7-10,13,16-18H2,1-6H3,(H,44,46)(H,45,47)(H,48,54)(H,49,55)/t22-,23+,32-,33-,34-,35-/m0/s1. The summed E-state index contributed by atoms with van der Waals surface area (Å²) < 4.78 is 36.2. The molecule has 2 aromatic carbocycles. The number of aryl methyl sites for hydroxylation is 2. The number of methoxy groups -OCH3 is 4. The van der Waals surface area contributed by atoms with Crippen LogP contribution in [-0.4, -0.2) is 120 Å². The minimum Gasteiger partial charge on any atom is -0.453 e. The van der Waals surface area contributed by atoms with Crippen molar-refractivity contribution in [1.82, 2.24) is 40.4 Å². The fourth-order valence-electron chi connectivity index (χ4n) is 8.41. The zero-order valence-electron chi connectivity index (χ0n) is 34.1. The van der Waals surface area contributed by atoms with E-state index in [1.54, 1.807) is 35.9 Å². The number of ether oxygens (including phenoxy) is 4. The number of carbonyl (C=O) groups excluding carboxylic acids is 4. The van der Waals surface area contributed by atoms with Crippen molar-refractivity contribution in [2.24, 2.45) is 0 Å². The van der Waals surface area contributed by atoms with Crippen molar-refractivity contribution in [2.75, 3.05) is 41.5 Å². The first kappa shape index (κ1) is 41.4. The van der Waals surface area contributed by atoms with Crippen LogP contribution in [0, 0.1) is 5.82 Å². The number of nitrogens with one attached hydrogen (secondary N) is 4. The predicted octanol–water partition coefficient (Wildman–Crippen LogP) is 5.22. The number of H-pyrrole nitrogens is 2. The van der Waals surface area contributed by atoms with E-state index in [0.717, 1.165) is 60.2 Å². The van der Waals surface area contributed by atoms with Crippen molar-refractivity contribution in [2.45, 2.75) is 88.7 Å². The van der Waals surface area contributed by atoms with Gasteiger partial charge in [-0.1, -0.05) is 24.3 Å². The molecule has 2 saturated heterocycles. The summed E-state index contributed by atoms with van der Waals surface area (Å²) in [7, 11) is 5.44. The van der Waals surface area contributed by atoms with Crippen molar-refractivity contribution >= 4 is 24.0 Å². The van der Waals surface area contributed by atoms with Crippen LogP contribution in [0.25, 0.3) is 33.6 Å². The van der Waals surface area contributed by atoms with Crippen LogP contribution in [0.5, 0.6) is 0 Å². The molecule has 3 aliphatic rings. The summed E-state index contributed by atoms with van der Waals surface area (Å²) >= 11 is 0. The monoisotopic (exact) mass is 814 g/mol. The molecule has 7 rings (SSSR count). The van der Waals surface area contributed by atoms with Gasteiger partial charge < -0.3 is 49.3 Å². The number of benzene rings is 2. The average Bonchev–Trinajstić information content (AvgIpc) is 4.09. The van der Waals surface area contributed by atoms with Crippen LogP contribution in [0.15, 0.2) is 42.6 Å². The Balaban J connectivity index is 1.07. The molecule has 4 amide bonds. The van der Waals surface area contributed by atoms with Crippen molar-refractivity contribution in [3.05, 3.63) is 71.3 Å². The SMILES string of the molecule is COC(=O)N[C@H](C(=O)N1CCC[C@H]1c1ncc(-c2ccc(-c3ccc4c(c3)CCc3[nH]c([C@@H]5CCCN5C(=O)[C@@H](NC(=O)OC)[C@@H](C)OC)nc3-4)cc2F)[nH]1)[C@H](C)OC. The summed E-state index contributed by atoms with van der Waals surface area (Å²) in [6.45, 7) is 4.41. The van der Waals surface area contributed by atoms with E-state index < -0.39 is 48.3 Å². The van der Waals surface area contributed by atoms with Crippen LogP contribution < -0.4 is 10.6 Å². The van der Waals surface area contributed by atoms with Crippen molar-refractivity contribution in [3.63, 3.8) is 0 Å². The van der Waals surface area contributed by atoms with Gasteiger partial charge >= 0.3 is 12.2 Å². The number of imidazole rings is 2. The Kier molecular flexibility index (Phi) is 12.3. The van der Waals surface area contributed by atoms with E-state index in [-0.39, 0.29) is 17.9 Å². The Morgan fingerprint density at radius 3 is 1.88 bits per heavy atom. The second-order valence-electron chi connectivity index (χ2n) is 15.2. The van der Waals surface area contributed by atoms with Crippen LogP contribution in [0.4, 0.5) is 14.0 Å². The molecule has 4 N–H and O–H groups in total. The van der Waals surface area contributed by atoms with Crippen molar-refractivity contribution < 1.29 is 42.5 Å². The molecule has 2 aliphatic heterocycles. The van der Waals surface area contributed by atoms with Crippen molar-refractivity contribution in [3.8, 4) is 33.6 Å². The van der Waals surface area contributed by atoms with E-state index in [9.17, 15) is 19.2 Å². The molecule has 6 atom stereocenters. The maximum absolute atomic E-state index is 15.9. The molecule has 4 aromatic rings. The summed E-state index contributed by atoms with van der Waals surface area (Å²) in [5.41, 5.74) is 6.31. The second kappa shape index (κ2) is 17.6. The number of halogens is 1. The third kappa shape index (κ3) is 8.26. The van der Waals surface area contributed by atoms with Gasteiger partial charge in [-0.2, -0.15) is 0 Å². The van der Waals surface area contributed by atoms with Crippen LogP contribution in [-0.2, 0) is 41.4 Å². The van der Waals surface area contributed by atoms with Gasteiger partial charge in [0.15, 0.2) is 0 Å². The highest BCUT2D eigenvalue weighted by Gasteiger charge is 2.40. The van der Waals surface area contributed by atoms with Crippen LogP contribution >= 0.6 is 0 Å². The maximum Gasteiger partial charge on any atom is 0.407 e. The van der Waals surface area contributed by atoms with E-state index in [0.29, 0.717) is 48.0 Å². The molecule has 0 unspecified atom stereocenters. The number of alkyl carbamates (subject to hydrolysis) is 2. The summed E-state index contributed by atoms with van der Waals surface area (Å²) in [5.74, 6) is 0.221. The molecule has 59 heavy (non-hydrogen) atoms. The van der Waals surface area contributed by atoms with Crippen LogP contribution in [0.1, 0.15) is 74.5 Å². The number of rotatable bonds is 12. The highest BCUT2D eigenvalue weighted by Crippen LogP contribution is 2.39. The first-order valence-electron chi connectivity index (χ1n) is 19.9. The highest BCUT2D eigenvalue weighted by atomic mass is 19.1. The normalized spacial score (nSPS) is 19.3. The highest BCUT2D eigenvalue weighted by molar-refractivity contribution is 5.88. The largest absolute Gasteiger partial charge is 0.453 e. The summed E-state index contributed by atoms with van der Waals surface area (Å²) in [6.07, 6.45) is 3.32. The van der Waals surface area contributed by atoms with Gasteiger partial charge in [0.1, 0.15) is 29.5 Å².